The highest BCUT2D eigenvalue weighted by Gasteiger charge is 2.15. The van der Waals surface area contributed by atoms with Crippen molar-refractivity contribution >= 4 is 33.0 Å². The number of anilines is 1. The molecule has 0 aliphatic carbocycles. The fourth-order valence-electron chi connectivity index (χ4n) is 2.15. The molecule has 0 spiro atoms. The molecule has 2 aromatic rings. The van der Waals surface area contributed by atoms with Gasteiger partial charge in [0.1, 0.15) is 4.21 Å². The van der Waals surface area contributed by atoms with E-state index in [1.807, 2.05) is 0 Å². The van der Waals surface area contributed by atoms with Gasteiger partial charge in [-0.1, -0.05) is 25.1 Å². The highest BCUT2D eigenvalue weighted by atomic mass is 32.2. The fraction of sp³-hybridized carbons (Fsp3) is 0.353. The maximum atomic E-state index is 12.1. The Balaban J connectivity index is 1.82. The van der Waals surface area contributed by atoms with Crippen LogP contribution in [-0.2, 0) is 21.2 Å². The normalized spacial score (nSPS) is 11.2. The lowest BCUT2D eigenvalue weighted by atomic mass is 10.1. The van der Waals surface area contributed by atoms with E-state index in [2.05, 4.69) is 22.3 Å². The summed E-state index contributed by atoms with van der Waals surface area (Å²) in [6, 6.07) is 10.1. The third-order valence-corrected chi connectivity index (χ3v) is 6.16. The van der Waals surface area contributed by atoms with Crippen LogP contribution in [0.15, 0.2) is 46.0 Å². The first kappa shape index (κ1) is 19.4. The third kappa shape index (κ3) is 6.49. The minimum absolute atomic E-state index is 0.0507. The minimum Gasteiger partial charge on any atom is -0.355 e. The molecule has 6 nitrogen and oxygen atoms in total. The van der Waals surface area contributed by atoms with Crippen LogP contribution in [0.4, 0.5) is 5.69 Å². The van der Waals surface area contributed by atoms with Crippen molar-refractivity contribution in [1.29, 1.82) is 0 Å². The summed E-state index contributed by atoms with van der Waals surface area (Å²) in [4.78, 5) is 11.9. The Kier molecular flexibility index (Phi) is 7.42. The Labute approximate surface area is 152 Å². The average molecular weight is 382 g/mol. The second-order valence-electron chi connectivity index (χ2n) is 5.51. The molecule has 1 aromatic heterocycles. The SMILES string of the molecule is CCCNCCNC(=O)Cc1ccc(NS(=O)(=O)c2cccs2)cc1. The Morgan fingerprint density at radius 2 is 1.84 bits per heavy atom. The topological polar surface area (TPSA) is 87.3 Å². The maximum Gasteiger partial charge on any atom is 0.271 e. The maximum absolute atomic E-state index is 12.1. The zero-order valence-corrected chi connectivity index (χ0v) is 15.8. The van der Waals surface area contributed by atoms with Gasteiger partial charge in [0.25, 0.3) is 10.0 Å². The molecule has 0 bridgehead atoms. The summed E-state index contributed by atoms with van der Waals surface area (Å²) >= 11 is 1.16. The fourth-order valence-corrected chi connectivity index (χ4v) is 4.20. The summed E-state index contributed by atoms with van der Waals surface area (Å²) in [6.07, 6.45) is 1.34. The standard InChI is InChI=1S/C17H23N3O3S2/c1-2-9-18-10-11-19-16(21)13-14-5-7-15(8-6-14)20-25(22,23)17-4-3-12-24-17/h3-8,12,18,20H,2,9-11,13H2,1H3,(H,19,21). The van der Waals surface area contributed by atoms with Gasteiger partial charge in [0, 0.05) is 18.8 Å². The van der Waals surface area contributed by atoms with E-state index in [0.717, 1.165) is 36.4 Å². The predicted octanol–water partition coefficient (Wildman–Crippen LogP) is 2.21. The van der Waals surface area contributed by atoms with Gasteiger partial charge in [-0.3, -0.25) is 9.52 Å². The summed E-state index contributed by atoms with van der Waals surface area (Å²) in [5, 5.41) is 7.78. The highest BCUT2D eigenvalue weighted by molar-refractivity contribution is 7.94. The molecule has 0 unspecified atom stereocenters. The second kappa shape index (κ2) is 9.55. The molecule has 0 aliphatic rings. The molecule has 1 heterocycles. The Bertz CT molecular complexity index is 757. The number of carbonyl (C=O) groups excluding carboxylic acids is 1. The first-order valence-corrected chi connectivity index (χ1v) is 10.5. The van der Waals surface area contributed by atoms with Gasteiger partial charge in [0.2, 0.25) is 5.91 Å². The second-order valence-corrected chi connectivity index (χ2v) is 8.37. The minimum atomic E-state index is -3.54. The van der Waals surface area contributed by atoms with Crippen molar-refractivity contribution in [1.82, 2.24) is 10.6 Å². The number of benzene rings is 1. The van der Waals surface area contributed by atoms with Crippen LogP contribution in [0.1, 0.15) is 18.9 Å². The molecule has 1 aromatic carbocycles. The van der Waals surface area contributed by atoms with Crippen LogP contribution in [0.2, 0.25) is 0 Å². The summed E-state index contributed by atoms with van der Waals surface area (Å²) in [5.74, 6) is -0.0507. The van der Waals surface area contributed by atoms with Gasteiger partial charge in [-0.2, -0.15) is 0 Å². The molecule has 0 saturated heterocycles. The molecule has 25 heavy (non-hydrogen) atoms. The van der Waals surface area contributed by atoms with Crippen LogP contribution in [0, 0.1) is 0 Å². The lowest BCUT2D eigenvalue weighted by Crippen LogP contribution is -2.32. The van der Waals surface area contributed by atoms with Gasteiger partial charge in [0.05, 0.1) is 6.42 Å². The van der Waals surface area contributed by atoms with Crippen LogP contribution < -0.4 is 15.4 Å². The van der Waals surface area contributed by atoms with Crippen molar-refractivity contribution in [3.63, 3.8) is 0 Å². The van der Waals surface area contributed by atoms with E-state index in [0.29, 0.717) is 12.2 Å². The average Bonchev–Trinajstić information content (AvgIpc) is 3.12. The van der Waals surface area contributed by atoms with Crippen molar-refractivity contribution in [2.75, 3.05) is 24.4 Å². The number of hydrogen-bond acceptors (Lipinski definition) is 5. The largest absolute Gasteiger partial charge is 0.355 e. The van der Waals surface area contributed by atoms with Gasteiger partial charge in [-0.25, -0.2) is 8.42 Å². The van der Waals surface area contributed by atoms with Gasteiger partial charge in [0.15, 0.2) is 0 Å². The Morgan fingerprint density at radius 1 is 1.08 bits per heavy atom. The van der Waals surface area contributed by atoms with E-state index in [1.165, 1.54) is 0 Å². The molecule has 0 atom stereocenters. The van der Waals surface area contributed by atoms with Crippen molar-refractivity contribution in [2.45, 2.75) is 24.0 Å². The van der Waals surface area contributed by atoms with E-state index in [9.17, 15) is 13.2 Å². The number of thiophene rings is 1. The lowest BCUT2D eigenvalue weighted by Gasteiger charge is -2.08. The van der Waals surface area contributed by atoms with E-state index in [-0.39, 0.29) is 16.5 Å². The number of hydrogen-bond donors (Lipinski definition) is 3. The quantitative estimate of drug-likeness (QED) is 0.551. The Hall–Kier alpha value is -1.90. The lowest BCUT2D eigenvalue weighted by molar-refractivity contribution is -0.120. The monoisotopic (exact) mass is 381 g/mol. The van der Waals surface area contributed by atoms with Gasteiger partial charge < -0.3 is 10.6 Å². The summed E-state index contributed by atoms with van der Waals surface area (Å²) in [5.41, 5.74) is 1.31. The molecule has 3 N–H and O–H groups in total. The zero-order chi connectivity index (χ0) is 18.1. The van der Waals surface area contributed by atoms with E-state index >= 15 is 0 Å². The molecule has 0 saturated carbocycles. The van der Waals surface area contributed by atoms with Crippen molar-refractivity contribution in [2.24, 2.45) is 0 Å². The summed E-state index contributed by atoms with van der Waals surface area (Å²) < 4.78 is 27.1. The Morgan fingerprint density at radius 3 is 2.48 bits per heavy atom. The molecule has 0 fully saturated rings. The summed E-state index contributed by atoms with van der Waals surface area (Å²) in [6.45, 7) is 4.38. The molecular formula is C17H23N3O3S2. The molecule has 8 heteroatoms. The molecule has 1 amide bonds. The van der Waals surface area contributed by atoms with Gasteiger partial charge >= 0.3 is 0 Å². The molecule has 2 rings (SSSR count). The first-order chi connectivity index (χ1) is 12.0. The molecule has 0 radical (unpaired) electrons. The van der Waals surface area contributed by atoms with Crippen LogP contribution >= 0.6 is 11.3 Å². The number of sulfonamides is 1. The van der Waals surface area contributed by atoms with Crippen LogP contribution in [0.5, 0.6) is 0 Å². The third-order valence-electron chi connectivity index (χ3n) is 3.38. The van der Waals surface area contributed by atoms with Crippen LogP contribution in [0.25, 0.3) is 0 Å². The predicted molar refractivity (Wildman–Crippen MR) is 101 cm³/mol. The van der Waals surface area contributed by atoms with E-state index in [4.69, 9.17) is 0 Å². The first-order valence-electron chi connectivity index (χ1n) is 8.14. The zero-order valence-electron chi connectivity index (χ0n) is 14.1. The van der Waals surface area contributed by atoms with E-state index < -0.39 is 10.0 Å². The number of nitrogens with one attached hydrogen (secondary N) is 3. The van der Waals surface area contributed by atoms with Crippen molar-refractivity contribution in [3.8, 4) is 0 Å². The number of carbonyl (C=O) groups is 1. The van der Waals surface area contributed by atoms with Crippen molar-refractivity contribution in [3.05, 3.63) is 47.3 Å². The van der Waals surface area contributed by atoms with Crippen molar-refractivity contribution < 1.29 is 13.2 Å². The van der Waals surface area contributed by atoms with Crippen LogP contribution in [-0.4, -0.2) is 34.0 Å². The van der Waals surface area contributed by atoms with Crippen LogP contribution in [0.3, 0.4) is 0 Å². The van der Waals surface area contributed by atoms with Gasteiger partial charge in [-0.05, 0) is 42.1 Å². The van der Waals surface area contributed by atoms with Gasteiger partial charge in [-0.15, -0.1) is 11.3 Å². The van der Waals surface area contributed by atoms with E-state index in [1.54, 1.807) is 41.8 Å². The molecular weight excluding hydrogens is 358 g/mol. The number of amides is 1. The highest BCUT2D eigenvalue weighted by Crippen LogP contribution is 2.20. The molecule has 0 aliphatic heterocycles. The number of rotatable bonds is 10. The smallest absolute Gasteiger partial charge is 0.271 e. The summed E-state index contributed by atoms with van der Waals surface area (Å²) in [7, 11) is -3.54. The molecule has 136 valence electrons.